The zero-order chi connectivity index (χ0) is 29.9. The van der Waals surface area contributed by atoms with Crippen LogP contribution in [-0.2, 0) is 11.2 Å². The maximum Gasteiger partial charge on any atom is 0.255 e. The molecule has 6 rings (SSSR count). The third-order valence-corrected chi connectivity index (χ3v) is 8.31. The molecule has 43 heavy (non-hydrogen) atoms. The molecule has 1 fully saturated rings. The molecule has 3 N–H and O–H groups in total. The normalized spacial score (nSPS) is 14.0. The molecule has 2 amide bonds. The summed E-state index contributed by atoms with van der Waals surface area (Å²) in [6, 6.07) is 8.50. The Hall–Kier alpha value is -4.22. The average Bonchev–Trinajstić information content (AvgIpc) is 3.80. The predicted octanol–water partition coefficient (Wildman–Crippen LogP) is 5.41. The number of nitrogens with one attached hydrogen (secondary N) is 3. The molecule has 0 bridgehead atoms. The van der Waals surface area contributed by atoms with Gasteiger partial charge in [-0.25, -0.2) is 19.9 Å². The quantitative estimate of drug-likeness (QED) is 0.190. The molecule has 4 heterocycles. The number of nitrogens with zero attached hydrogens (tertiary/aromatic N) is 6. The van der Waals surface area contributed by atoms with Crippen molar-refractivity contribution in [2.75, 3.05) is 32.0 Å². The van der Waals surface area contributed by atoms with Gasteiger partial charge in [0.15, 0.2) is 0 Å². The lowest BCUT2D eigenvalue weighted by Gasteiger charge is -2.21. The number of anilines is 1. The average molecular weight is 621 g/mol. The number of likely N-dealkylation sites (tertiary alicyclic amines) is 1. The molecule has 0 spiro atoms. The van der Waals surface area contributed by atoms with Gasteiger partial charge in [-0.15, -0.1) is 0 Å². The maximum absolute atomic E-state index is 13.1. The van der Waals surface area contributed by atoms with E-state index in [9.17, 15) is 9.59 Å². The summed E-state index contributed by atoms with van der Waals surface area (Å²) in [6.07, 6.45) is 8.23. The second kappa shape index (κ2) is 12.6. The summed E-state index contributed by atoms with van der Waals surface area (Å²) >= 11 is 12.9. The van der Waals surface area contributed by atoms with Crippen molar-refractivity contribution < 1.29 is 9.59 Å². The highest BCUT2D eigenvalue weighted by atomic mass is 35.5. The van der Waals surface area contributed by atoms with Crippen LogP contribution in [0, 0.1) is 0 Å². The summed E-state index contributed by atoms with van der Waals surface area (Å²) in [4.78, 5) is 54.1. The third-order valence-electron chi connectivity index (χ3n) is 7.76. The van der Waals surface area contributed by atoms with Gasteiger partial charge in [0.25, 0.3) is 5.91 Å². The first kappa shape index (κ1) is 28.9. The number of rotatable bonds is 10. The Morgan fingerprint density at radius 1 is 1.09 bits per heavy atom. The van der Waals surface area contributed by atoms with Gasteiger partial charge in [0.2, 0.25) is 5.91 Å². The van der Waals surface area contributed by atoms with Crippen molar-refractivity contribution in [2.24, 2.45) is 0 Å². The molecule has 13 heteroatoms. The smallest absolute Gasteiger partial charge is 0.255 e. The molecule has 1 unspecified atom stereocenters. The van der Waals surface area contributed by atoms with Crippen molar-refractivity contribution in [1.82, 2.24) is 39.7 Å². The Labute approximate surface area is 258 Å². The lowest BCUT2D eigenvalue weighted by atomic mass is 10.1. The van der Waals surface area contributed by atoms with E-state index in [1.807, 2.05) is 17.0 Å². The summed E-state index contributed by atoms with van der Waals surface area (Å²) in [6.45, 7) is 2.00. The van der Waals surface area contributed by atoms with Gasteiger partial charge in [-0.2, -0.15) is 0 Å². The van der Waals surface area contributed by atoms with Crippen LogP contribution in [0.4, 0.5) is 5.82 Å². The number of carbonyl (C=O) groups is 2. The second-order valence-corrected chi connectivity index (χ2v) is 11.5. The lowest BCUT2D eigenvalue weighted by Crippen LogP contribution is -2.29. The summed E-state index contributed by atoms with van der Waals surface area (Å²) in [7, 11) is 1.79. The molecular weight excluding hydrogens is 589 g/mol. The Morgan fingerprint density at radius 2 is 1.93 bits per heavy atom. The Bertz CT molecular complexity index is 1770. The number of hydrogen-bond donors (Lipinski definition) is 3. The van der Waals surface area contributed by atoms with Gasteiger partial charge in [0.1, 0.15) is 23.8 Å². The number of hydrogen-bond acceptors (Lipinski definition) is 7. The molecule has 5 aromatic rings. The van der Waals surface area contributed by atoms with Crippen LogP contribution < -0.4 is 5.32 Å². The molecule has 11 nitrogen and oxygen atoms in total. The Balaban J connectivity index is 1.26. The van der Waals surface area contributed by atoms with E-state index in [1.54, 1.807) is 42.5 Å². The van der Waals surface area contributed by atoms with Gasteiger partial charge >= 0.3 is 0 Å². The zero-order valence-corrected chi connectivity index (χ0v) is 25.1. The molecule has 0 radical (unpaired) electrons. The maximum atomic E-state index is 13.1. The lowest BCUT2D eigenvalue weighted by molar-refractivity contribution is -0.130. The minimum absolute atomic E-state index is 0.00170. The van der Waals surface area contributed by atoms with Gasteiger partial charge in [0, 0.05) is 62.3 Å². The second-order valence-electron chi connectivity index (χ2n) is 10.7. The van der Waals surface area contributed by atoms with E-state index in [0.29, 0.717) is 57.5 Å². The van der Waals surface area contributed by atoms with Crippen LogP contribution in [0.2, 0.25) is 10.0 Å². The van der Waals surface area contributed by atoms with E-state index in [1.165, 1.54) is 6.33 Å². The highest BCUT2D eigenvalue weighted by Crippen LogP contribution is 2.32. The van der Waals surface area contributed by atoms with Crippen LogP contribution in [0.3, 0.4) is 0 Å². The van der Waals surface area contributed by atoms with Gasteiger partial charge in [0.05, 0.1) is 33.2 Å². The van der Waals surface area contributed by atoms with Crippen molar-refractivity contribution in [3.8, 4) is 0 Å². The highest BCUT2D eigenvalue weighted by molar-refractivity contribution is 6.35. The highest BCUT2D eigenvalue weighted by Gasteiger charge is 2.24. The van der Waals surface area contributed by atoms with E-state index in [-0.39, 0.29) is 18.2 Å². The van der Waals surface area contributed by atoms with E-state index < -0.39 is 6.04 Å². The van der Waals surface area contributed by atoms with Crippen molar-refractivity contribution in [1.29, 1.82) is 0 Å². The van der Waals surface area contributed by atoms with Crippen LogP contribution in [0.25, 0.3) is 21.9 Å². The number of aromatic nitrogens is 6. The fourth-order valence-corrected chi connectivity index (χ4v) is 5.76. The summed E-state index contributed by atoms with van der Waals surface area (Å²) in [5, 5.41) is 5.07. The van der Waals surface area contributed by atoms with Crippen molar-refractivity contribution in [3.63, 3.8) is 0 Å². The van der Waals surface area contributed by atoms with Crippen LogP contribution in [0.15, 0.2) is 49.1 Å². The minimum atomic E-state index is -0.406. The summed E-state index contributed by atoms with van der Waals surface area (Å²) in [5.74, 6) is 1.90. The van der Waals surface area contributed by atoms with Crippen LogP contribution in [0.1, 0.15) is 53.7 Å². The molecule has 1 atom stereocenters. The number of imidazole rings is 2. The number of halogens is 2. The number of fused-ring (bicyclic) bond motifs is 2. The predicted molar refractivity (Wildman–Crippen MR) is 166 cm³/mol. The van der Waals surface area contributed by atoms with Gasteiger partial charge in [-0.3, -0.25) is 9.59 Å². The van der Waals surface area contributed by atoms with E-state index in [4.69, 9.17) is 28.2 Å². The van der Waals surface area contributed by atoms with Gasteiger partial charge < -0.3 is 25.1 Å². The number of likely N-dealkylation sites (N-methyl/N-ethyl adjacent to an activating group) is 1. The van der Waals surface area contributed by atoms with Gasteiger partial charge in [-0.1, -0.05) is 23.2 Å². The number of carbonyl (C=O) groups excluding carboxylic acids is 2. The minimum Gasteiger partial charge on any atom is -0.359 e. The monoisotopic (exact) mass is 619 g/mol. The molecule has 1 aliphatic rings. The van der Waals surface area contributed by atoms with Crippen LogP contribution in [-0.4, -0.2) is 78.2 Å². The first-order valence-electron chi connectivity index (χ1n) is 14.2. The molecule has 3 aromatic heterocycles. The Kier molecular flexibility index (Phi) is 8.44. The molecule has 0 aliphatic carbocycles. The fraction of sp³-hybridized carbons (Fsp3) is 0.333. The van der Waals surface area contributed by atoms with Crippen molar-refractivity contribution >= 4 is 62.8 Å². The van der Waals surface area contributed by atoms with Crippen molar-refractivity contribution in [2.45, 2.75) is 38.1 Å². The fourth-order valence-electron chi connectivity index (χ4n) is 5.35. The topological polar surface area (TPSA) is 136 Å². The largest absolute Gasteiger partial charge is 0.359 e. The van der Waals surface area contributed by atoms with Gasteiger partial charge in [-0.05, 0) is 49.6 Å². The third kappa shape index (κ3) is 6.42. The number of amides is 2. The zero-order valence-electron chi connectivity index (χ0n) is 23.6. The first-order chi connectivity index (χ1) is 20.9. The summed E-state index contributed by atoms with van der Waals surface area (Å²) < 4.78 is 0. The van der Waals surface area contributed by atoms with E-state index in [0.717, 1.165) is 42.8 Å². The van der Waals surface area contributed by atoms with Crippen molar-refractivity contribution in [3.05, 3.63) is 76.3 Å². The molecule has 1 aliphatic heterocycles. The SMILES string of the molecule is CN(CCc1ncc[nH]1)C(=O)CCC(Nc1ncnc2cc(C(=O)N3CCCC3)c(Cl)cc12)c1nc2ccc(Cl)cc2[nH]1. The Morgan fingerprint density at radius 3 is 2.72 bits per heavy atom. The molecule has 2 aromatic carbocycles. The first-order valence-corrected chi connectivity index (χ1v) is 15.0. The number of aromatic amines is 2. The molecular formula is C30H31Cl2N9O2. The van der Waals surface area contributed by atoms with E-state index in [2.05, 4.69) is 30.2 Å². The number of benzene rings is 2. The van der Waals surface area contributed by atoms with Crippen LogP contribution in [0.5, 0.6) is 0 Å². The molecule has 0 saturated carbocycles. The van der Waals surface area contributed by atoms with E-state index >= 15 is 0 Å². The molecule has 1 saturated heterocycles. The molecule has 222 valence electrons. The number of H-pyrrole nitrogens is 2. The van der Waals surface area contributed by atoms with Crippen LogP contribution >= 0.6 is 23.2 Å². The standard InChI is InChI=1S/C30H31Cl2N9O2/c1-40(13-8-26-33-9-10-34-26)27(42)7-6-23(29-37-22-5-4-18(31)14-25(22)39-29)38-28-20-15-21(32)19(16-24(20)35-17-36-28)30(43)41-11-2-3-12-41/h4-5,9-10,14-17,23H,2-3,6-8,11-13H2,1H3,(H,33,34)(H,37,39)(H,35,36,38). The summed E-state index contributed by atoms with van der Waals surface area (Å²) in [5.41, 5.74) is 2.56.